The highest BCUT2D eigenvalue weighted by molar-refractivity contribution is 5.89. The SMILES string of the molecule is C[C@@H](Oc1cccc2ccccc12)C(=O)NC(C)(C)C. The molecule has 0 saturated carbocycles. The molecular weight excluding hydrogens is 250 g/mol. The second kappa shape index (κ2) is 5.53. The number of carbonyl (C=O) groups is 1. The average Bonchev–Trinajstić information content (AvgIpc) is 2.37. The summed E-state index contributed by atoms with van der Waals surface area (Å²) in [6.07, 6.45) is -0.528. The van der Waals surface area contributed by atoms with Gasteiger partial charge in [-0.3, -0.25) is 4.79 Å². The van der Waals surface area contributed by atoms with Gasteiger partial charge >= 0.3 is 0 Å². The zero-order chi connectivity index (χ0) is 14.8. The van der Waals surface area contributed by atoms with Crippen molar-refractivity contribution >= 4 is 16.7 Å². The summed E-state index contributed by atoms with van der Waals surface area (Å²) in [5.74, 6) is 0.630. The molecule has 0 aliphatic rings. The van der Waals surface area contributed by atoms with Crippen LogP contribution >= 0.6 is 0 Å². The van der Waals surface area contributed by atoms with Crippen LogP contribution in [0.3, 0.4) is 0 Å². The molecule has 0 spiro atoms. The van der Waals surface area contributed by atoms with Crippen LogP contribution in [0.5, 0.6) is 5.75 Å². The molecule has 0 aromatic heterocycles. The molecule has 3 nitrogen and oxygen atoms in total. The highest BCUT2D eigenvalue weighted by Crippen LogP contribution is 2.26. The number of amides is 1. The molecule has 2 rings (SSSR count). The number of hydrogen-bond donors (Lipinski definition) is 1. The van der Waals surface area contributed by atoms with Crippen molar-refractivity contribution in [3.63, 3.8) is 0 Å². The number of benzene rings is 2. The van der Waals surface area contributed by atoms with Crippen LogP contribution in [0.25, 0.3) is 10.8 Å². The molecule has 0 aliphatic heterocycles. The molecule has 0 radical (unpaired) electrons. The Morgan fingerprint density at radius 2 is 1.75 bits per heavy atom. The lowest BCUT2D eigenvalue weighted by molar-refractivity contribution is -0.128. The third kappa shape index (κ3) is 3.50. The van der Waals surface area contributed by atoms with E-state index in [-0.39, 0.29) is 11.4 Å². The van der Waals surface area contributed by atoms with Gasteiger partial charge in [-0.2, -0.15) is 0 Å². The van der Waals surface area contributed by atoms with Crippen molar-refractivity contribution in [3.8, 4) is 5.75 Å². The first-order chi connectivity index (χ1) is 9.37. The smallest absolute Gasteiger partial charge is 0.261 e. The fourth-order valence-corrected chi connectivity index (χ4v) is 2.01. The standard InChI is InChI=1S/C17H21NO2/c1-12(16(19)18-17(2,3)4)20-15-11-7-9-13-8-5-6-10-14(13)15/h5-12H,1-4H3,(H,18,19)/t12-/m1/s1. The Balaban J connectivity index is 2.18. The highest BCUT2D eigenvalue weighted by Gasteiger charge is 2.20. The van der Waals surface area contributed by atoms with Crippen LogP contribution in [-0.2, 0) is 4.79 Å². The Hall–Kier alpha value is -2.03. The van der Waals surface area contributed by atoms with Crippen LogP contribution in [-0.4, -0.2) is 17.6 Å². The van der Waals surface area contributed by atoms with E-state index in [9.17, 15) is 4.79 Å². The number of carbonyl (C=O) groups excluding carboxylic acids is 1. The van der Waals surface area contributed by atoms with E-state index in [4.69, 9.17) is 4.74 Å². The van der Waals surface area contributed by atoms with E-state index in [1.165, 1.54) is 0 Å². The van der Waals surface area contributed by atoms with E-state index in [1.54, 1.807) is 6.92 Å². The van der Waals surface area contributed by atoms with Crippen molar-refractivity contribution in [3.05, 3.63) is 42.5 Å². The number of ether oxygens (including phenoxy) is 1. The van der Waals surface area contributed by atoms with Gasteiger partial charge in [-0.25, -0.2) is 0 Å². The maximum atomic E-state index is 12.1. The van der Waals surface area contributed by atoms with E-state index in [2.05, 4.69) is 5.32 Å². The van der Waals surface area contributed by atoms with Crippen LogP contribution < -0.4 is 10.1 Å². The van der Waals surface area contributed by atoms with Gasteiger partial charge in [-0.05, 0) is 39.1 Å². The van der Waals surface area contributed by atoms with E-state index in [0.717, 1.165) is 16.5 Å². The molecule has 0 fully saturated rings. The summed E-state index contributed by atoms with van der Waals surface area (Å²) in [5.41, 5.74) is -0.256. The summed E-state index contributed by atoms with van der Waals surface area (Å²) in [5, 5.41) is 5.05. The van der Waals surface area contributed by atoms with Gasteiger partial charge < -0.3 is 10.1 Å². The van der Waals surface area contributed by atoms with Gasteiger partial charge in [-0.1, -0.05) is 36.4 Å². The molecule has 0 saturated heterocycles. The van der Waals surface area contributed by atoms with Crippen molar-refractivity contribution in [1.82, 2.24) is 5.32 Å². The van der Waals surface area contributed by atoms with Gasteiger partial charge in [0, 0.05) is 10.9 Å². The normalized spacial score (nSPS) is 13.0. The first-order valence-electron chi connectivity index (χ1n) is 6.83. The molecule has 1 atom stereocenters. The maximum Gasteiger partial charge on any atom is 0.261 e. The zero-order valence-electron chi connectivity index (χ0n) is 12.4. The number of hydrogen-bond acceptors (Lipinski definition) is 2. The van der Waals surface area contributed by atoms with Gasteiger partial charge in [0.2, 0.25) is 0 Å². The first-order valence-corrected chi connectivity index (χ1v) is 6.83. The maximum absolute atomic E-state index is 12.1. The number of nitrogens with one attached hydrogen (secondary N) is 1. The van der Waals surface area contributed by atoms with Crippen molar-refractivity contribution in [2.24, 2.45) is 0 Å². The monoisotopic (exact) mass is 271 g/mol. The fraction of sp³-hybridized carbons (Fsp3) is 0.353. The Kier molecular flexibility index (Phi) is 3.98. The summed E-state index contributed by atoms with van der Waals surface area (Å²) < 4.78 is 5.82. The first kappa shape index (κ1) is 14.4. The van der Waals surface area contributed by atoms with Crippen molar-refractivity contribution < 1.29 is 9.53 Å². The quantitative estimate of drug-likeness (QED) is 0.927. The molecule has 2 aromatic rings. The lowest BCUT2D eigenvalue weighted by Crippen LogP contribution is -2.46. The van der Waals surface area contributed by atoms with Gasteiger partial charge in [0.05, 0.1) is 0 Å². The second-order valence-electron chi connectivity index (χ2n) is 5.98. The lowest BCUT2D eigenvalue weighted by Gasteiger charge is -2.24. The molecule has 0 heterocycles. The van der Waals surface area contributed by atoms with Crippen LogP contribution in [0.2, 0.25) is 0 Å². The topological polar surface area (TPSA) is 38.3 Å². The Morgan fingerprint density at radius 3 is 2.45 bits per heavy atom. The lowest BCUT2D eigenvalue weighted by atomic mass is 10.1. The molecule has 0 aliphatic carbocycles. The van der Waals surface area contributed by atoms with Crippen molar-refractivity contribution in [2.45, 2.75) is 39.3 Å². The van der Waals surface area contributed by atoms with Gasteiger partial charge in [0.15, 0.2) is 6.10 Å². The molecule has 1 N–H and O–H groups in total. The third-order valence-corrected chi connectivity index (χ3v) is 2.92. The number of rotatable bonds is 3. The number of fused-ring (bicyclic) bond motifs is 1. The molecule has 3 heteroatoms. The minimum absolute atomic E-state index is 0.106. The molecule has 0 bridgehead atoms. The van der Waals surface area contributed by atoms with Crippen molar-refractivity contribution in [1.29, 1.82) is 0 Å². The van der Waals surface area contributed by atoms with E-state index in [1.807, 2.05) is 63.2 Å². The van der Waals surface area contributed by atoms with E-state index < -0.39 is 6.10 Å². The fourth-order valence-electron chi connectivity index (χ4n) is 2.01. The van der Waals surface area contributed by atoms with Crippen molar-refractivity contribution in [2.75, 3.05) is 0 Å². The summed E-state index contributed by atoms with van der Waals surface area (Å²) >= 11 is 0. The second-order valence-corrected chi connectivity index (χ2v) is 5.98. The largest absolute Gasteiger partial charge is 0.480 e. The Morgan fingerprint density at radius 1 is 1.10 bits per heavy atom. The summed E-state index contributed by atoms with van der Waals surface area (Å²) in [4.78, 5) is 12.1. The minimum Gasteiger partial charge on any atom is -0.480 e. The van der Waals surface area contributed by atoms with Crippen LogP contribution in [0.15, 0.2) is 42.5 Å². The van der Waals surface area contributed by atoms with Crippen LogP contribution in [0, 0.1) is 0 Å². The molecule has 106 valence electrons. The molecular formula is C17H21NO2. The Labute approximate surface area is 119 Å². The van der Waals surface area contributed by atoms with Gasteiger partial charge in [0.25, 0.3) is 5.91 Å². The molecule has 0 unspecified atom stereocenters. The van der Waals surface area contributed by atoms with Crippen LogP contribution in [0.1, 0.15) is 27.7 Å². The average molecular weight is 271 g/mol. The predicted molar refractivity (Wildman–Crippen MR) is 81.9 cm³/mol. The van der Waals surface area contributed by atoms with E-state index >= 15 is 0 Å². The highest BCUT2D eigenvalue weighted by atomic mass is 16.5. The predicted octanol–water partition coefficient (Wildman–Crippen LogP) is 3.52. The van der Waals surface area contributed by atoms with Gasteiger partial charge in [-0.15, -0.1) is 0 Å². The molecule has 2 aromatic carbocycles. The summed E-state index contributed by atoms with van der Waals surface area (Å²) in [6.45, 7) is 7.63. The minimum atomic E-state index is -0.528. The Bertz CT molecular complexity index is 608. The van der Waals surface area contributed by atoms with Gasteiger partial charge in [0.1, 0.15) is 5.75 Å². The zero-order valence-corrected chi connectivity index (χ0v) is 12.4. The molecule has 20 heavy (non-hydrogen) atoms. The summed E-state index contributed by atoms with van der Waals surface area (Å²) in [7, 11) is 0. The van der Waals surface area contributed by atoms with E-state index in [0.29, 0.717) is 0 Å². The summed E-state index contributed by atoms with van der Waals surface area (Å²) in [6, 6.07) is 13.8. The molecule has 1 amide bonds. The third-order valence-electron chi connectivity index (χ3n) is 2.92. The van der Waals surface area contributed by atoms with Crippen LogP contribution in [0.4, 0.5) is 0 Å².